The van der Waals surface area contributed by atoms with E-state index in [1.54, 1.807) is 7.11 Å². The molecule has 0 atom stereocenters. The Balaban J connectivity index is 2.20. The third kappa shape index (κ3) is 2.41. The SMILES string of the molecule is COC1(c2ccc(C(C)(C)CC(=O)O)cc2)CC1. The van der Waals surface area contributed by atoms with Crippen molar-refractivity contribution in [3.05, 3.63) is 35.4 Å². The molecule has 0 spiro atoms. The first-order valence-corrected chi connectivity index (χ1v) is 6.28. The molecule has 1 saturated carbocycles. The number of carboxylic acid groups (broad SMARTS) is 1. The van der Waals surface area contributed by atoms with Gasteiger partial charge in [0.25, 0.3) is 0 Å². The van der Waals surface area contributed by atoms with E-state index in [-0.39, 0.29) is 17.4 Å². The monoisotopic (exact) mass is 248 g/mol. The molecule has 2 rings (SSSR count). The van der Waals surface area contributed by atoms with Gasteiger partial charge < -0.3 is 9.84 Å². The van der Waals surface area contributed by atoms with Crippen molar-refractivity contribution in [2.75, 3.05) is 7.11 Å². The second kappa shape index (κ2) is 4.39. The van der Waals surface area contributed by atoms with E-state index in [2.05, 4.69) is 12.1 Å². The van der Waals surface area contributed by atoms with Gasteiger partial charge in [0, 0.05) is 12.5 Å². The Labute approximate surface area is 108 Å². The second-order valence-electron chi connectivity index (χ2n) is 5.73. The number of carboxylic acids is 1. The Hall–Kier alpha value is -1.35. The molecule has 1 aliphatic carbocycles. The summed E-state index contributed by atoms with van der Waals surface area (Å²) in [5, 5.41) is 8.92. The van der Waals surface area contributed by atoms with Gasteiger partial charge >= 0.3 is 5.97 Å². The molecule has 0 bridgehead atoms. The summed E-state index contributed by atoms with van der Waals surface area (Å²) < 4.78 is 5.53. The van der Waals surface area contributed by atoms with Crippen LogP contribution in [0.2, 0.25) is 0 Å². The molecule has 1 N–H and O–H groups in total. The number of hydrogen-bond acceptors (Lipinski definition) is 2. The van der Waals surface area contributed by atoms with Crippen LogP contribution < -0.4 is 0 Å². The zero-order chi connectivity index (χ0) is 13.4. The lowest BCUT2D eigenvalue weighted by Gasteiger charge is -2.24. The van der Waals surface area contributed by atoms with Gasteiger partial charge in [0.05, 0.1) is 12.0 Å². The predicted octanol–water partition coefficient (Wildman–Crippen LogP) is 3.07. The average molecular weight is 248 g/mol. The molecule has 0 radical (unpaired) electrons. The first-order chi connectivity index (χ1) is 8.39. The van der Waals surface area contributed by atoms with E-state index in [0.717, 1.165) is 18.4 Å². The van der Waals surface area contributed by atoms with E-state index in [9.17, 15) is 4.79 Å². The molecule has 18 heavy (non-hydrogen) atoms. The molecule has 98 valence electrons. The summed E-state index contributed by atoms with van der Waals surface area (Å²) in [6.07, 6.45) is 2.28. The molecule has 1 fully saturated rings. The number of ether oxygens (including phenoxy) is 1. The summed E-state index contributed by atoms with van der Waals surface area (Å²) in [6.45, 7) is 3.92. The van der Waals surface area contributed by atoms with Crippen LogP contribution in [0.1, 0.15) is 44.2 Å². The van der Waals surface area contributed by atoms with Gasteiger partial charge in [-0.1, -0.05) is 38.1 Å². The lowest BCUT2D eigenvalue weighted by molar-refractivity contribution is -0.138. The number of aliphatic carboxylic acids is 1. The maximum atomic E-state index is 10.9. The smallest absolute Gasteiger partial charge is 0.304 e. The summed E-state index contributed by atoms with van der Waals surface area (Å²) in [5.74, 6) is -0.764. The van der Waals surface area contributed by atoms with Crippen LogP contribution in [-0.2, 0) is 20.5 Å². The fourth-order valence-electron chi connectivity index (χ4n) is 2.43. The summed E-state index contributed by atoms with van der Waals surface area (Å²) >= 11 is 0. The van der Waals surface area contributed by atoms with Crippen LogP contribution in [0.3, 0.4) is 0 Å². The Bertz CT molecular complexity index is 441. The molecule has 1 aromatic carbocycles. The van der Waals surface area contributed by atoms with Crippen LogP contribution in [0.15, 0.2) is 24.3 Å². The maximum Gasteiger partial charge on any atom is 0.304 e. The van der Waals surface area contributed by atoms with E-state index in [1.807, 2.05) is 26.0 Å². The van der Waals surface area contributed by atoms with Gasteiger partial charge in [0.1, 0.15) is 0 Å². The maximum absolute atomic E-state index is 10.9. The number of carbonyl (C=O) groups is 1. The Morgan fingerprint density at radius 1 is 1.33 bits per heavy atom. The zero-order valence-electron chi connectivity index (χ0n) is 11.2. The van der Waals surface area contributed by atoms with E-state index in [0.29, 0.717) is 0 Å². The van der Waals surface area contributed by atoms with Crippen molar-refractivity contribution in [3.8, 4) is 0 Å². The fourth-order valence-corrected chi connectivity index (χ4v) is 2.43. The molecule has 0 amide bonds. The van der Waals surface area contributed by atoms with Crippen LogP contribution in [0, 0.1) is 0 Å². The zero-order valence-corrected chi connectivity index (χ0v) is 11.2. The topological polar surface area (TPSA) is 46.5 Å². The summed E-state index contributed by atoms with van der Waals surface area (Å²) in [5.41, 5.74) is 1.84. The van der Waals surface area contributed by atoms with Gasteiger partial charge in [-0.25, -0.2) is 0 Å². The third-order valence-electron chi connectivity index (χ3n) is 3.88. The molecule has 0 saturated heterocycles. The first kappa shape index (κ1) is 13.1. The summed E-state index contributed by atoms with van der Waals surface area (Å²) in [4.78, 5) is 10.9. The highest BCUT2D eigenvalue weighted by atomic mass is 16.5. The van der Waals surface area contributed by atoms with Gasteiger partial charge in [-0.05, 0) is 24.0 Å². The number of methoxy groups -OCH3 is 1. The van der Waals surface area contributed by atoms with Crippen molar-refractivity contribution in [1.29, 1.82) is 0 Å². The van der Waals surface area contributed by atoms with Gasteiger partial charge in [-0.2, -0.15) is 0 Å². The third-order valence-corrected chi connectivity index (χ3v) is 3.88. The van der Waals surface area contributed by atoms with Gasteiger partial charge in [-0.3, -0.25) is 4.79 Å². The first-order valence-electron chi connectivity index (χ1n) is 6.28. The van der Waals surface area contributed by atoms with Crippen molar-refractivity contribution in [2.45, 2.75) is 44.1 Å². The van der Waals surface area contributed by atoms with Crippen molar-refractivity contribution in [2.24, 2.45) is 0 Å². The summed E-state index contributed by atoms with van der Waals surface area (Å²) in [7, 11) is 1.75. The van der Waals surface area contributed by atoms with Gasteiger partial charge in [0.15, 0.2) is 0 Å². The number of benzene rings is 1. The van der Waals surface area contributed by atoms with Crippen molar-refractivity contribution >= 4 is 5.97 Å². The van der Waals surface area contributed by atoms with Gasteiger partial charge in [-0.15, -0.1) is 0 Å². The Kier molecular flexibility index (Phi) is 3.20. The highest BCUT2D eigenvalue weighted by Crippen LogP contribution is 2.48. The van der Waals surface area contributed by atoms with Crippen LogP contribution in [-0.4, -0.2) is 18.2 Å². The molecule has 0 aromatic heterocycles. The minimum atomic E-state index is -0.764. The van der Waals surface area contributed by atoms with E-state index in [1.165, 1.54) is 5.56 Å². The largest absolute Gasteiger partial charge is 0.481 e. The molecule has 0 unspecified atom stereocenters. The lowest BCUT2D eigenvalue weighted by atomic mass is 9.81. The quantitative estimate of drug-likeness (QED) is 0.871. The van der Waals surface area contributed by atoms with Gasteiger partial charge in [0.2, 0.25) is 0 Å². The molecular weight excluding hydrogens is 228 g/mol. The van der Waals surface area contributed by atoms with E-state index in [4.69, 9.17) is 9.84 Å². The standard InChI is InChI=1S/C15H20O3/c1-14(2,10-13(16)17)11-4-6-12(7-5-11)15(18-3)8-9-15/h4-7H,8-10H2,1-3H3,(H,16,17). The number of hydrogen-bond donors (Lipinski definition) is 1. The second-order valence-corrected chi connectivity index (χ2v) is 5.73. The van der Waals surface area contributed by atoms with Crippen LogP contribution in [0.5, 0.6) is 0 Å². The average Bonchev–Trinajstić information content (AvgIpc) is 3.08. The molecule has 1 aromatic rings. The minimum absolute atomic E-state index is 0.0739. The van der Waals surface area contributed by atoms with E-state index >= 15 is 0 Å². The van der Waals surface area contributed by atoms with Crippen LogP contribution >= 0.6 is 0 Å². The Morgan fingerprint density at radius 2 is 1.89 bits per heavy atom. The van der Waals surface area contributed by atoms with Crippen LogP contribution in [0.25, 0.3) is 0 Å². The molecule has 3 heteroatoms. The minimum Gasteiger partial charge on any atom is -0.481 e. The number of rotatable bonds is 5. The van der Waals surface area contributed by atoms with Crippen LogP contribution in [0.4, 0.5) is 0 Å². The Morgan fingerprint density at radius 3 is 2.28 bits per heavy atom. The molecule has 1 aliphatic rings. The highest BCUT2D eigenvalue weighted by molar-refractivity contribution is 5.68. The molecular formula is C15H20O3. The molecule has 3 nitrogen and oxygen atoms in total. The van der Waals surface area contributed by atoms with Crippen molar-refractivity contribution in [1.82, 2.24) is 0 Å². The van der Waals surface area contributed by atoms with Crippen molar-refractivity contribution in [3.63, 3.8) is 0 Å². The molecule has 0 aliphatic heterocycles. The van der Waals surface area contributed by atoms with E-state index < -0.39 is 5.97 Å². The normalized spacial score (nSPS) is 17.5. The lowest BCUT2D eigenvalue weighted by Crippen LogP contribution is -2.21. The summed E-state index contributed by atoms with van der Waals surface area (Å²) in [6, 6.07) is 8.18. The molecule has 0 heterocycles. The van der Waals surface area contributed by atoms with Crippen molar-refractivity contribution < 1.29 is 14.6 Å². The predicted molar refractivity (Wildman–Crippen MR) is 69.6 cm³/mol. The highest BCUT2D eigenvalue weighted by Gasteiger charge is 2.44. The fraction of sp³-hybridized carbons (Fsp3) is 0.533.